The number of nitrogens with zero attached hydrogens (tertiary/aromatic N) is 2. The lowest BCUT2D eigenvalue weighted by molar-refractivity contribution is -0.113. The largest absolute Gasteiger partial charge is 0.490 e. The zero-order valence-corrected chi connectivity index (χ0v) is 20.1. The van der Waals surface area contributed by atoms with E-state index in [0.29, 0.717) is 45.5 Å². The SMILES string of the molecule is CCOc1cc(/C=C2/NC(=O)N(c3cccc(Cl)c3)C2=O)cc(Cl)c1OCc1ccccc1C#N. The van der Waals surface area contributed by atoms with Crippen molar-refractivity contribution in [1.82, 2.24) is 5.32 Å². The van der Waals surface area contributed by atoms with Crippen molar-refractivity contribution in [3.8, 4) is 17.6 Å². The molecule has 1 aliphatic heterocycles. The third-order valence-corrected chi connectivity index (χ3v) is 5.61. The summed E-state index contributed by atoms with van der Waals surface area (Å²) in [5.41, 5.74) is 2.17. The van der Waals surface area contributed by atoms with Gasteiger partial charge in [-0.05, 0) is 55.0 Å². The van der Waals surface area contributed by atoms with Gasteiger partial charge in [0, 0.05) is 10.6 Å². The molecule has 1 saturated heterocycles. The Morgan fingerprint density at radius 3 is 2.60 bits per heavy atom. The number of anilines is 1. The minimum atomic E-state index is -0.587. The molecule has 1 aliphatic rings. The number of urea groups is 1. The van der Waals surface area contributed by atoms with Crippen molar-refractivity contribution >= 4 is 46.9 Å². The van der Waals surface area contributed by atoms with Crippen LogP contribution in [0.1, 0.15) is 23.6 Å². The van der Waals surface area contributed by atoms with Crippen molar-refractivity contribution in [2.75, 3.05) is 11.5 Å². The molecule has 3 aromatic carbocycles. The Balaban J connectivity index is 1.62. The van der Waals surface area contributed by atoms with Crippen molar-refractivity contribution in [3.05, 3.63) is 93.1 Å². The van der Waals surface area contributed by atoms with Crippen molar-refractivity contribution in [1.29, 1.82) is 5.26 Å². The number of carbonyl (C=O) groups excluding carboxylic acids is 2. The molecule has 0 radical (unpaired) electrons. The third-order valence-electron chi connectivity index (χ3n) is 5.10. The second-order valence-electron chi connectivity index (χ2n) is 7.43. The molecule has 176 valence electrons. The Bertz CT molecular complexity index is 1380. The molecule has 0 unspecified atom stereocenters. The molecule has 9 heteroatoms. The van der Waals surface area contributed by atoms with Crippen LogP contribution in [0.5, 0.6) is 11.5 Å². The van der Waals surface area contributed by atoms with Gasteiger partial charge in [0.1, 0.15) is 12.3 Å². The molecule has 3 aromatic rings. The fourth-order valence-electron chi connectivity index (χ4n) is 3.53. The van der Waals surface area contributed by atoms with Crippen LogP contribution < -0.4 is 19.7 Å². The summed E-state index contributed by atoms with van der Waals surface area (Å²) in [6, 6.07) is 18.4. The summed E-state index contributed by atoms with van der Waals surface area (Å²) in [5, 5.41) is 12.5. The van der Waals surface area contributed by atoms with Gasteiger partial charge in [0.2, 0.25) is 0 Å². The Morgan fingerprint density at radius 1 is 1.06 bits per heavy atom. The average molecular weight is 508 g/mol. The van der Waals surface area contributed by atoms with Crippen LogP contribution >= 0.6 is 23.2 Å². The molecule has 1 heterocycles. The molecule has 1 N–H and O–H groups in total. The normalized spacial score (nSPS) is 14.1. The first-order valence-electron chi connectivity index (χ1n) is 10.6. The van der Waals surface area contributed by atoms with Gasteiger partial charge in [-0.15, -0.1) is 0 Å². The molecule has 4 rings (SSSR count). The molecule has 3 amide bonds. The first-order chi connectivity index (χ1) is 16.9. The Morgan fingerprint density at radius 2 is 1.86 bits per heavy atom. The van der Waals surface area contributed by atoms with Gasteiger partial charge in [-0.3, -0.25) is 4.79 Å². The van der Waals surface area contributed by atoms with E-state index in [4.69, 9.17) is 32.7 Å². The Hall–Kier alpha value is -3.99. The third kappa shape index (κ3) is 5.24. The summed E-state index contributed by atoms with van der Waals surface area (Å²) in [5.74, 6) is 0.148. The molecular formula is C26H19Cl2N3O4. The summed E-state index contributed by atoms with van der Waals surface area (Å²) in [7, 11) is 0. The van der Waals surface area contributed by atoms with E-state index in [0.717, 1.165) is 4.90 Å². The maximum absolute atomic E-state index is 12.9. The topological polar surface area (TPSA) is 91.7 Å². The molecule has 0 bridgehead atoms. The predicted octanol–water partition coefficient (Wildman–Crippen LogP) is 5.94. The number of rotatable bonds is 7. The van der Waals surface area contributed by atoms with Gasteiger partial charge in [-0.2, -0.15) is 5.26 Å². The van der Waals surface area contributed by atoms with Crippen molar-refractivity contribution in [2.24, 2.45) is 0 Å². The van der Waals surface area contributed by atoms with E-state index < -0.39 is 11.9 Å². The minimum absolute atomic E-state index is 0.0742. The van der Waals surface area contributed by atoms with Gasteiger partial charge in [0.25, 0.3) is 5.91 Å². The molecule has 7 nitrogen and oxygen atoms in total. The second-order valence-corrected chi connectivity index (χ2v) is 8.27. The highest BCUT2D eigenvalue weighted by Crippen LogP contribution is 2.38. The number of hydrogen-bond donors (Lipinski definition) is 1. The van der Waals surface area contributed by atoms with Gasteiger partial charge in [-0.1, -0.05) is 47.5 Å². The van der Waals surface area contributed by atoms with Crippen LogP contribution in [0, 0.1) is 11.3 Å². The van der Waals surface area contributed by atoms with E-state index in [1.54, 1.807) is 48.5 Å². The van der Waals surface area contributed by atoms with Gasteiger partial charge < -0.3 is 14.8 Å². The quantitative estimate of drug-likeness (QED) is 0.315. The smallest absolute Gasteiger partial charge is 0.333 e. The number of hydrogen-bond acceptors (Lipinski definition) is 5. The van der Waals surface area contributed by atoms with E-state index in [-0.39, 0.29) is 17.3 Å². The number of ether oxygens (including phenoxy) is 2. The van der Waals surface area contributed by atoms with Crippen LogP contribution in [0.4, 0.5) is 10.5 Å². The molecule has 0 aromatic heterocycles. The summed E-state index contributed by atoms with van der Waals surface area (Å²) >= 11 is 12.5. The standard InChI is InChI=1S/C26H19Cl2N3O4/c1-2-34-23-12-16(10-21(28)24(23)35-15-18-7-4-3-6-17(18)14-29)11-22-25(32)31(26(33)30-22)20-9-5-8-19(27)13-20/h3-13H,2,15H2,1H3,(H,30,33)/b22-11+. The number of amides is 3. The van der Waals surface area contributed by atoms with Crippen LogP contribution in [-0.4, -0.2) is 18.5 Å². The first-order valence-corrected chi connectivity index (χ1v) is 11.4. The molecule has 0 atom stereocenters. The predicted molar refractivity (Wildman–Crippen MR) is 134 cm³/mol. The summed E-state index contributed by atoms with van der Waals surface area (Å²) in [6.45, 7) is 2.28. The van der Waals surface area contributed by atoms with Crippen molar-refractivity contribution in [3.63, 3.8) is 0 Å². The molecule has 0 saturated carbocycles. The number of nitriles is 1. The summed E-state index contributed by atoms with van der Waals surface area (Å²) in [6.07, 6.45) is 1.51. The monoisotopic (exact) mass is 507 g/mol. The summed E-state index contributed by atoms with van der Waals surface area (Å²) < 4.78 is 11.6. The lowest BCUT2D eigenvalue weighted by Crippen LogP contribution is -2.30. The maximum Gasteiger partial charge on any atom is 0.333 e. The van der Waals surface area contributed by atoms with Crippen LogP contribution in [-0.2, 0) is 11.4 Å². The fourth-order valence-corrected chi connectivity index (χ4v) is 3.99. The minimum Gasteiger partial charge on any atom is -0.490 e. The number of benzene rings is 3. The van der Waals surface area contributed by atoms with Gasteiger partial charge in [0.15, 0.2) is 11.5 Å². The van der Waals surface area contributed by atoms with Gasteiger partial charge in [-0.25, -0.2) is 9.69 Å². The molecule has 1 fully saturated rings. The number of halogens is 2. The number of nitrogens with one attached hydrogen (secondary N) is 1. The number of imide groups is 1. The molecule has 35 heavy (non-hydrogen) atoms. The van der Waals surface area contributed by atoms with E-state index in [1.807, 2.05) is 13.0 Å². The molecule has 0 aliphatic carbocycles. The second kappa shape index (κ2) is 10.5. The lowest BCUT2D eigenvalue weighted by atomic mass is 10.1. The van der Waals surface area contributed by atoms with Crippen molar-refractivity contribution < 1.29 is 19.1 Å². The highest BCUT2D eigenvalue weighted by Gasteiger charge is 2.35. The van der Waals surface area contributed by atoms with Gasteiger partial charge >= 0.3 is 6.03 Å². The lowest BCUT2D eigenvalue weighted by Gasteiger charge is -2.15. The fraction of sp³-hybridized carbons (Fsp3) is 0.115. The first kappa shape index (κ1) is 24.1. The van der Waals surface area contributed by atoms with Crippen LogP contribution in [0.25, 0.3) is 6.08 Å². The maximum atomic E-state index is 12.9. The van der Waals surface area contributed by atoms with Crippen molar-refractivity contribution in [2.45, 2.75) is 13.5 Å². The van der Waals surface area contributed by atoms with E-state index in [2.05, 4.69) is 11.4 Å². The zero-order chi connectivity index (χ0) is 24.9. The Kier molecular flexibility index (Phi) is 7.25. The number of carbonyl (C=O) groups is 2. The van der Waals surface area contributed by atoms with E-state index in [9.17, 15) is 14.9 Å². The van der Waals surface area contributed by atoms with E-state index >= 15 is 0 Å². The molecule has 0 spiro atoms. The van der Waals surface area contributed by atoms with Crippen LogP contribution in [0.2, 0.25) is 10.0 Å². The van der Waals surface area contributed by atoms with Crippen LogP contribution in [0.15, 0.2) is 66.4 Å². The molecular weight excluding hydrogens is 489 g/mol. The zero-order valence-electron chi connectivity index (χ0n) is 18.5. The van der Waals surface area contributed by atoms with E-state index in [1.165, 1.54) is 12.1 Å². The summed E-state index contributed by atoms with van der Waals surface area (Å²) in [4.78, 5) is 26.4. The van der Waals surface area contributed by atoms with Crippen LogP contribution in [0.3, 0.4) is 0 Å². The Labute approximate surface area is 212 Å². The van der Waals surface area contributed by atoms with Gasteiger partial charge in [0.05, 0.1) is 28.9 Å². The average Bonchev–Trinajstić information content (AvgIpc) is 3.11. The highest BCUT2D eigenvalue weighted by molar-refractivity contribution is 6.33. The highest BCUT2D eigenvalue weighted by atomic mass is 35.5.